The molecule has 1 radical (unpaired) electrons. The van der Waals surface area contributed by atoms with Crippen LogP contribution in [-0.2, 0) is 39.0 Å². The van der Waals surface area contributed by atoms with Crippen LogP contribution in [0.5, 0.6) is 0 Å². The molecule has 0 saturated carbocycles. The third-order valence-electron chi connectivity index (χ3n) is 0. The standard InChI is InChI=1S/Mn.4O.U/q+2;4*-2;. The average Bonchev–Trinajstić information content (AvgIpc) is 0. The van der Waals surface area contributed by atoms with Crippen LogP contribution in [0.15, 0.2) is 0 Å². The molecule has 4 nitrogen and oxygen atoms in total. The topological polar surface area (TPSA) is 114 Å². The van der Waals surface area contributed by atoms with Crippen molar-refractivity contribution in [3.05, 3.63) is 0 Å². The molecule has 0 saturated heterocycles. The van der Waals surface area contributed by atoms with Crippen molar-refractivity contribution in [2.24, 2.45) is 0 Å². The Balaban J connectivity index is 0. The van der Waals surface area contributed by atoms with E-state index in [2.05, 4.69) is 0 Å². The van der Waals surface area contributed by atoms with E-state index in [1.165, 1.54) is 0 Å². The van der Waals surface area contributed by atoms with Crippen LogP contribution in [0.1, 0.15) is 0 Å². The number of hydrogen-bond donors (Lipinski definition) is 0. The Hall–Kier alpha value is 1.41. The van der Waals surface area contributed by atoms with Crippen LogP contribution in [0.3, 0.4) is 0 Å². The van der Waals surface area contributed by atoms with Gasteiger partial charge in [0, 0.05) is 31.1 Å². The maximum atomic E-state index is 0. The molecule has 0 bridgehead atoms. The van der Waals surface area contributed by atoms with Gasteiger partial charge in [-0.15, -0.1) is 0 Å². The van der Waals surface area contributed by atoms with Crippen LogP contribution in [0.2, 0.25) is 0 Å². The molecular weight excluding hydrogens is 357 g/mol. The summed E-state index contributed by atoms with van der Waals surface area (Å²) in [6, 6.07) is 0. The number of hydrogen-bond acceptors (Lipinski definition) is 0. The first-order valence-electron chi connectivity index (χ1n) is 0. The normalized spacial score (nSPS) is 0. The Labute approximate surface area is 69.8 Å². The second-order valence-electron chi connectivity index (χ2n) is 0. The maximum Gasteiger partial charge on any atom is 2.00 e. The third kappa shape index (κ3) is 52.9. The van der Waals surface area contributed by atoms with Crippen molar-refractivity contribution in [3.8, 4) is 0 Å². The Bertz CT molecular complexity index is 7.51. The van der Waals surface area contributed by atoms with E-state index < -0.39 is 0 Å². The third-order valence-corrected chi connectivity index (χ3v) is 0. The van der Waals surface area contributed by atoms with E-state index in [1.54, 1.807) is 0 Å². The monoisotopic (exact) mass is 357 g/mol. The first-order chi connectivity index (χ1) is 0. The molecule has 0 aliphatic heterocycles. The van der Waals surface area contributed by atoms with Gasteiger partial charge >= 0.3 is 17.1 Å². The van der Waals surface area contributed by atoms with Crippen molar-refractivity contribution in [1.82, 2.24) is 0 Å². The molecule has 0 aliphatic rings. The molecule has 0 aromatic heterocycles. The van der Waals surface area contributed by atoms with Gasteiger partial charge in [0.15, 0.2) is 0 Å². The van der Waals surface area contributed by atoms with Crippen LogP contribution in [-0.4, -0.2) is 0 Å². The van der Waals surface area contributed by atoms with Crippen molar-refractivity contribution in [3.63, 3.8) is 0 Å². The maximum absolute atomic E-state index is 0. The summed E-state index contributed by atoms with van der Waals surface area (Å²) in [6.07, 6.45) is 0. The summed E-state index contributed by atoms with van der Waals surface area (Å²) in [5.41, 5.74) is 0. The summed E-state index contributed by atoms with van der Waals surface area (Å²) in [5.74, 6) is 0. The van der Waals surface area contributed by atoms with Gasteiger partial charge in [0.25, 0.3) is 0 Å². The van der Waals surface area contributed by atoms with Gasteiger partial charge < -0.3 is 21.9 Å². The minimum atomic E-state index is 0. The predicted molar refractivity (Wildman–Crippen MR) is 2.75 cm³/mol. The Kier molecular flexibility index (Phi) is 2400. The second kappa shape index (κ2) is 94.2. The van der Waals surface area contributed by atoms with Gasteiger partial charge in [0.2, 0.25) is 0 Å². The molecule has 0 unspecified atom stereocenters. The SMILES string of the molecule is [Mn+2].[O-2].[O-2].[O-2].[O-2].[U]. The van der Waals surface area contributed by atoms with E-state index in [0.29, 0.717) is 0 Å². The summed E-state index contributed by atoms with van der Waals surface area (Å²) >= 11 is 0. The summed E-state index contributed by atoms with van der Waals surface area (Å²) in [6.45, 7) is 0. The van der Waals surface area contributed by atoms with Crippen molar-refractivity contribution in [2.75, 3.05) is 0 Å². The van der Waals surface area contributed by atoms with E-state index in [9.17, 15) is 0 Å². The molecule has 0 rings (SSSR count). The Morgan fingerprint density at radius 3 is 0.500 bits per heavy atom. The van der Waals surface area contributed by atoms with Crippen LogP contribution in [0.4, 0.5) is 0 Å². The average molecular weight is 357 g/mol. The Morgan fingerprint density at radius 1 is 0.500 bits per heavy atom. The molecule has 0 fully saturated rings. The van der Waals surface area contributed by atoms with Crippen molar-refractivity contribution in [1.29, 1.82) is 0 Å². The van der Waals surface area contributed by atoms with Gasteiger partial charge in [-0.2, -0.15) is 0 Å². The molecule has 0 atom stereocenters. The van der Waals surface area contributed by atoms with E-state index in [0.717, 1.165) is 0 Å². The fourth-order valence-electron chi connectivity index (χ4n) is 0. The molecule has 6 heavy (non-hydrogen) atoms. The molecule has 41 valence electrons. The number of rotatable bonds is 0. The molecule has 0 amide bonds. The molecule has 0 heterocycles. The molecule has 0 aromatic rings. The summed E-state index contributed by atoms with van der Waals surface area (Å²) < 4.78 is 0. The molecule has 0 aliphatic carbocycles. The molecule has 0 spiro atoms. The van der Waals surface area contributed by atoms with Gasteiger partial charge in [-0.1, -0.05) is 0 Å². The molecular formula is MnO4U-6. The predicted octanol–water partition coefficient (Wildman–Crippen LogP) is -0.478. The first-order valence-corrected chi connectivity index (χ1v) is 0. The van der Waals surface area contributed by atoms with Gasteiger partial charge in [0.05, 0.1) is 0 Å². The minimum absolute atomic E-state index is 0. The van der Waals surface area contributed by atoms with Crippen molar-refractivity contribution in [2.45, 2.75) is 0 Å². The van der Waals surface area contributed by atoms with Crippen LogP contribution < -0.4 is 0 Å². The van der Waals surface area contributed by atoms with Crippen LogP contribution in [0.25, 0.3) is 0 Å². The second-order valence-corrected chi connectivity index (χ2v) is 0. The molecule has 6 heteroatoms. The smallest absolute Gasteiger partial charge is 2.00 e. The van der Waals surface area contributed by atoms with Crippen LogP contribution >= 0.6 is 0 Å². The summed E-state index contributed by atoms with van der Waals surface area (Å²) in [7, 11) is 0. The quantitative estimate of drug-likeness (QED) is 0.522. The zero-order valence-electron chi connectivity index (χ0n) is 2.51. The molecule has 0 N–H and O–H groups in total. The van der Waals surface area contributed by atoms with Crippen molar-refractivity contribution < 1.29 is 70.1 Å². The first kappa shape index (κ1) is 153. The van der Waals surface area contributed by atoms with Crippen molar-refractivity contribution >= 4 is 0 Å². The minimum Gasteiger partial charge on any atom is -2.00 e. The van der Waals surface area contributed by atoms with E-state index in [-0.39, 0.29) is 70.1 Å². The van der Waals surface area contributed by atoms with Crippen LogP contribution in [0, 0.1) is 31.1 Å². The Morgan fingerprint density at radius 2 is 0.500 bits per heavy atom. The van der Waals surface area contributed by atoms with E-state index >= 15 is 0 Å². The largest absolute Gasteiger partial charge is 2.00 e. The summed E-state index contributed by atoms with van der Waals surface area (Å²) in [4.78, 5) is 0. The van der Waals surface area contributed by atoms with Gasteiger partial charge in [-0.25, -0.2) is 0 Å². The van der Waals surface area contributed by atoms with Gasteiger partial charge in [0.1, 0.15) is 0 Å². The van der Waals surface area contributed by atoms with E-state index in [1.807, 2.05) is 0 Å². The fourth-order valence-corrected chi connectivity index (χ4v) is 0. The summed E-state index contributed by atoms with van der Waals surface area (Å²) in [5, 5.41) is 0. The zero-order valence-corrected chi connectivity index (χ0v) is 7.86. The fraction of sp³-hybridized carbons (Fsp3) is 0. The zero-order chi connectivity index (χ0) is 0. The van der Waals surface area contributed by atoms with Gasteiger partial charge in [-0.05, 0) is 0 Å². The van der Waals surface area contributed by atoms with Gasteiger partial charge in [-0.3, -0.25) is 0 Å². The molecule has 0 aromatic carbocycles. The van der Waals surface area contributed by atoms with E-state index in [4.69, 9.17) is 0 Å².